The number of aryl methyl sites for hydroxylation is 2. The number of hydrogen-bond donors (Lipinski definition) is 2. The van der Waals surface area contributed by atoms with E-state index in [9.17, 15) is 23.1 Å². The molecule has 0 aliphatic carbocycles. The number of hydrogen-bond acceptors (Lipinski definition) is 6. The molecule has 27 heavy (non-hydrogen) atoms. The second-order valence-electron chi connectivity index (χ2n) is 6.60. The molecular weight excluding hydrogens is 374 g/mol. The van der Waals surface area contributed by atoms with E-state index in [0.29, 0.717) is 25.0 Å². The van der Waals surface area contributed by atoms with Crippen molar-refractivity contribution in [2.75, 3.05) is 13.1 Å². The summed E-state index contributed by atoms with van der Waals surface area (Å²) in [5.41, 5.74) is 0.305. The van der Waals surface area contributed by atoms with Gasteiger partial charge in [-0.15, -0.1) is 6.58 Å². The van der Waals surface area contributed by atoms with Crippen LogP contribution in [-0.4, -0.2) is 54.0 Å². The zero-order chi connectivity index (χ0) is 20.2. The van der Waals surface area contributed by atoms with Crippen molar-refractivity contribution in [1.82, 2.24) is 14.8 Å². The zero-order valence-electron chi connectivity index (χ0n) is 15.5. The Kier molecular flexibility index (Phi) is 6.77. The van der Waals surface area contributed by atoms with Crippen LogP contribution >= 0.6 is 0 Å². The maximum absolute atomic E-state index is 12.8. The van der Waals surface area contributed by atoms with Gasteiger partial charge in [-0.05, 0) is 39.5 Å². The van der Waals surface area contributed by atoms with Gasteiger partial charge in [0.25, 0.3) is 0 Å². The van der Waals surface area contributed by atoms with E-state index >= 15 is 0 Å². The van der Waals surface area contributed by atoms with Crippen LogP contribution in [0, 0.1) is 19.8 Å². The maximum Gasteiger partial charge on any atom is 0.326 e. The lowest BCUT2D eigenvalue weighted by molar-refractivity contribution is -0.142. The molecule has 1 aliphatic heterocycles. The van der Waals surface area contributed by atoms with E-state index in [0.717, 1.165) is 0 Å². The highest BCUT2D eigenvalue weighted by Gasteiger charge is 2.36. The molecule has 2 heterocycles. The summed E-state index contributed by atoms with van der Waals surface area (Å²) < 4.78 is 31.8. The first-order valence-corrected chi connectivity index (χ1v) is 10.2. The summed E-state index contributed by atoms with van der Waals surface area (Å²) in [7, 11) is -3.74. The van der Waals surface area contributed by atoms with Gasteiger partial charge in [0.05, 0.1) is 0 Å². The Hall–Kier alpha value is -2.20. The lowest BCUT2D eigenvalue weighted by Crippen LogP contribution is -2.47. The summed E-state index contributed by atoms with van der Waals surface area (Å²) in [6.45, 7) is 7.01. The largest absolute Gasteiger partial charge is 0.480 e. The molecule has 1 aliphatic rings. The molecule has 150 valence electrons. The summed E-state index contributed by atoms with van der Waals surface area (Å²) in [6, 6.07) is -0.973. The molecule has 0 radical (unpaired) electrons. The highest BCUT2D eigenvalue weighted by molar-refractivity contribution is 7.89. The first-order chi connectivity index (χ1) is 12.7. The van der Waals surface area contributed by atoms with E-state index in [1.54, 1.807) is 19.9 Å². The second-order valence-corrected chi connectivity index (χ2v) is 8.47. The molecule has 1 fully saturated rings. The average Bonchev–Trinajstić information content (AvgIpc) is 2.97. The van der Waals surface area contributed by atoms with Gasteiger partial charge in [-0.3, -0.25) is 4.79 Å². The molecule has 2 N–H and O–H groups in total. The number of sulfonamides is 1. The van der Waals surface area contributed by atoms with Crippen molar-refractivity contribution < 1.29 is 27.6 Å². The van der Waals surface area contributed by atoms with Gasteiger partial charge in [-0.25, -0.2) is 13.2 Å². The SMILES string of the molecule is C=CCCC(NC(=O)C1CCN(S(=O)(=O)c2c(C)noc2C)CC1)C(=O)O. The summed E-state index contributed by atoms with van der Waals surface area (Å²) in [6.07, 6.45) is 2.99. The van der Waals surface area contributed by atoms with Gasteiger partial charge in [0.15, 0.2) is 5.76 Å². The Balaban J connectivity index is 1.99. The minimum Gasteiger partial charge on any atom is -0.480 e. The fourth-order valence-corrected chi connectivity index (χ4v) is 4.92. The number of nitrogens with one attached hydrogen (secondary N) is 1. The fraction of sp³-hybridized carbons (Fsp3) is 0.588. The van der Waals surface area contributed by atoms with Gasteiger partial charge in [-0.2, -0.15) is 4.31 Å². The first-order valence-electron chi connectivity index (χ1n) is 8.75. The van der Waals surface area contributed by atoms with Crippen molar-refractivity contribution in [3.63, 3.8) is 0 Å². The third-order valence-corrected chi connectivity index (χ3v) is 6.81. The number of carbonyl (C=O) groups is 2. The second kappa shape index (κ2) is 8.66. The standard InChI is InChI=1S/C17H25N3O6S/c1-4-5-6-14(17(22)23)18-16(21)13-7-9-20(10-8-13)27(24,25)15-11(2)19-26-12(15)3/h4,13-14H,1,5-10H2,2-3H3,(H,18,21)(H,22,23). The molecule has 2 rings (SSSR count). The normalized spacial score (nSPS) is 17.4. The van der Waals surface area contributed by atoms with Crippen molar-refractivity contribution in [2.24, 2.45) is 5.92 Å². The van der Waals surface area contributed by atoms with Crippen LogP contribution in [-0.2, 0) is 19.6 Å². The summed E-state index contributed by atoms with van der Waals surface area (Å²) in [4.78, 5) is 23.7. The Bertz CT molecular complexity index is 789. The predicted molar refractivity (Wildman–Crippen MR) is 96.5 cm³/mol. The molecule has 1 aromatic rings. The lowest BCUT2D eigenvalue weighted by Gasteiger charge is -2.31. The zero-order valence-corrected chi connectivity index (χ0v) is 16.3. The van der Waals surface area contributed by atoms with Crippen molar-refractivity contribution >= 4 is 21.9 Å². The number of carboxylic acids is 1. The Morgan fingerprint density at radius 2 is 2.04 bits per heavy atom. The van der Waals surface area contributed by atoms with Crippen molar-refractivity contribution in [1.29, 1.82) is 0 Å². The average molecular weight is 399 g/mol. The smallest absolute Gasteiger partial charge is 0.326 e. The minimum atomic E-state index is -3.74. The Morgan fingerprint density at radius 3 is 2.52 bits per heavy atom. The van der Waals surface area contributed by atoms with Crippen LogP contribution in [0.25, 0.3) is 0 Å². The van der Waals surface area contributed by atoms with Crippen LogP contribution in [0.15, 0.2) is 22.1 Å². The van der Waals surface area contributed by atoms with Crippen molar-refractivity contribution in [3.8, 4) is 0 Å². The minimum absolute atomic E-state index is 0.0702. The van der Waals surface area contributed by atoms with Crippen LogP contribution in [0.2, 0.25) is 0 Å². The van der Waals surface area contributed by atoms with Gasteiger partial charge in [0.1, 0.15) is 16.6 Å². The highest BCUT2D eigenvalue weighted by atomic mass is 32.2. The molecule has 0 aromatic carbocycles. The summed E-state index contributed by atoms with van der Waals surface area (Å²) in [5, 5.41) is 15.4. The fourth-order valence-electron chi connectivity index (χ4n) is 3.16. The highest BCUT2D eigenvalue weighted by Crippen LogP contribution is 2.27. The number of aliphatic carboxylic acids is 1. The van der Waals surface area contributed by atoms with Gasteiger partial charge in [-0.1, -0.05) is 11.2 Å². The van der Waals surface area contributed by atoms with Gasteiger partial charge in [0.2, 0.25) is 15.9 Å². The molecule has 1 saturated heterocycles. The molecule has 1 aromatic heterocycles. The molecule has 10 heteroatoms. The molecule has 0 spiro atoms. The number of amides is 1. The van der Waals surface area contributed by atoms with Crippen molar-refractivity contribution in [3.05, 3.63) is 24.1 Å². The van der Waals surface area contributed by atoms with Gasteiger partial charge >= 0.3 is 5.97 Å². The number of aromatic nitrogens is 1. The van der Waals surface area contributed by atoms with Crippen LogP contribution in [0.5, 0.6) is 0 Å². The quantitative estimate of drug-likeness (QED) is 0.629. The number of allylic oxidation sites excluding steroid dienone is 1. The van der Waals surface area contributed by atoms with Gasteiger partial charge < -0.3 is 14.9 Å². The number of piperidine rings is 1. The number of carbonyl (C=O) groups excluding carboxylic acids is 1. The van der Waals surface area contributed by atoms with E-state index in [1.807, 2.05) is 0 Å². The molecule has 0 bridgehead atoms. The summed E-state index contributed by atoms with van der Waals surface area (Å²) in [5.74, 6) is -1.64. The topological polar surface area (TPSA) is 130 Å². The molecule has 1 unspecified atom stereocenters. The van der Waals surface area contributed by atoms with Gasteiger partial charge in [0, 0.05) is 19.0 Å². The monoisotopic (exact) mass is 399 g/mol. The van der Waals surface area contributed by atoms with E-state index in [2.05, 4.69) is 17.1 Å². The molecule has 1 amide bonds. The number of carboxylic acid groups (broad SMARTS) is 1. The number of rotatable bonds is 8. The third-order valence-electron chi connectivity index (χ3n) is 4.66. The maximum atomic E-state index is 12.8. The molecular formula is C17H25N3O6S. The van der Waals surface area contributed by atoms with Crippen LogP contribution in [0.3, 0.4) is 0 Å². The van der Waals surface area contributed by atoms with Crippen LogP contribution in [0.1, 0.15) is 37.1 Å². The summed E-state index contributed by atoms with van der Waals surface area (Å²) >= 11 is 0. The van der Waals surface area contributed by atoms with Crippen LogP contribution < -0.4 is 5.32 Å². The van der Waals surface area contributed by atoms with E-state index in [1.165, 1.54) is 4.31 Å². The number of nitrogens with zero attached hydrogens (tertiary/aromatic N) is 2. The predicted octanol–water partition coefficient (Wildman–Crippen LogP) is 1.23. The Morgan fingerprint density at radius 1 is 1.41 bits per heavy atom. The Labute approximate surface area is 158 Å². The third kappa shape index (κ3) is 4.75. The van der Waals surface area contributed by atoms with E-state index in [-0.39, 0.29) is 36.1 Å². The van der Waals surface area contributed by atoms with Crippen molar-refractivity contribution in [2.45, 2.75) is 50.5 Å². The van der Waals surface area contributed by atoms with Crippen LogP contribution in [0.4, 0.5) is 0 Å². The van der Waals surface area contributed by atoms with E-state index < -0.39 is 28.0 Å². The molecule has 9 nitrogen and oxygen atoms in total. The first kappa shape index (κ1) is 21.1. The molecule has 1 atom stereocenters. The lowest BCUT2D eigenvalue weighted by atomic mass is 9.96. The van der Waals surface area contributed by atoms with E-state index in [4.69, 9.17) is 4.52 Å². The molecule has 0 saturated carbocycles.